The van der Waals surface area contributed by atoms with Gasteiger partial charge < -0.3 is 22.1 Å². The van der Waals surface area contributed by atoms with Gasteiger partial charge in [-0.2, -0.15) is 0 Å². The summed E-state index contributed by atoms with van der Waals surface area (Å²) < 4.78 is 13.0. The second-order valence-electron chi connectivity index (χ2n) is 6.98. The molecule has 0 spiro atoms. The van der Waals surface area contributed by atoms with Crippen LogP contribution >= 0.6 is 0 Å². The van der Waals surface area contributed by atoms with Gasteiger partial charge in [0.15, 0.2) is 0 Å². The first-order valence-electron chi connectivity index (χ1n) is 10.3. The molecule has 0 radical (unpaired) electrons. The number of halogens is 1. The van der Waals surface area contributed by atoms with Gasteiger partial charge in [-0.3, -0.25) is 9.59 Å². The number of aryl methyl sites for hydroxylation is 1. The Kier molecular flexibility index (Phi) is 12.1. The van der Waals surface area contributed by atoms with E-state index in [1.165, 1.54) is 19.2 Å². The van der Waals surface area contributed by atoms with Crippen LogP contribution in [0.3, 0.4) is 0 Å². The zero-order valence-electron chi connectivity index (χ0n) is 18.1. The lowest BCUT2D eigenvalue weighted by atomic mass is 10.0. The summed E-state index contributed by atoms with van der Waals surface area (Å²) in [5, 5.41) is 5.27. The molecule has 3 aromatic rings. The lowest BCUT2D eigenvalue weighted by Crippen LogP contribution is -2.43. The molecule has 0 heterocycles. The highest BCUT2D eigenvalue weighted by Gasteiger charge is 2.14. The van der Waals surface area contributed by atoms with Crippen LogP contribution in [0.1, 0.15) is 19.4 Å². The summed E-state index contributed by atoms with van der Waals surface area (Å²) in [4.78, 5) is 24.0. The third-order valence-corrected chi connectivity index (χ3v) is 4.69. The van der Waals surface area contributed by atoms with Crippen LogP contribution in [0.25, 0.3) is 11.1 Å². The molecular weight excluding hydrogens is 419 g/mol. The number of hydrogen-bond acceptors (Lipinski definition) is 4. The Balaban J connectivity index is 0.00000177. The van der Waals surface area contributed by atoms with Gasteiger partial charge in [-0.25, -0.2) is 4.39 Å². The Morgan fingerprint density at radius 1 is 0.879 bits per heavy atom. The lowest BCUT2D eigenvalue weighted by molar-refractivity contribution is -0.125. The van der Waals surface area contributed by atoms with Crippen LogP contribution < -0.4 is 22.1 Å². The van der Waals surface area contributed by atoms with Crippen LogP contribution in [0.4, 0.5) is 10.1 Å². The smallest absolute Gasteiger partial charge is 0.243 e. The first-order valence-corrected chi connectivity index (χ1v) is 10.3. The molecule has 2 amide bonds. The minimum atomic E-state index is -0.702. The molecule has 0 aliphatic rings. The highest BCUT2D eigenvalue weighted by molar-refractivity contribution is 5.95. The molecule has 0 saturated heterocycles. The van der Waals surface area contributed by atoms with Crippen LogP contribution in [0.2, 0.25) is 0 Å². The maximum absolute atomic E-state index is 13.0. The van der Waals surface area contributed by atoms with Gasteiger partial charge >= 0.3 is 0 Å². The molecule has 1 atom stereocenters. The molecule has 0 unspecified atom stereocenters. The average molecular weight is 453 g/mol. The number of nitrogens with two attached hydrogens (primary N) is 2. The number of nitrogens with one attached hydrogen (secondary N) is 2. The SMILES string of the molecule is C.CN.N[C@@H](CCc1ccc(-c2ccc(F)cc2)cc1)C(=O)NCC(=O)Nc1ccccc1. The van der Waals surface area contributed by atoms with E-state index >= 15 is 0 Å². The molecule has 6 nitrogen and oxygen atoms in total. The fourth-order valence-electron chi connectivity index (χ4n) is 2.98. The molecule has 0 aromatic heterocycles. The molecule has 0 saturated carbocycles. The van der Waals surface area contributed by atoms with Crippen molar-refractivity contribution in [1.29, 1.82) is 0 Å². The fourth-order valence-corrected chi connectivity index (χ4v) is 2.98. The highest BCUT2D eigenvalue weighted by atomic mass is 19.1. The van der Waals surface area contributed by atoms with E-state index in [2.05, 4.69) is 16.4 Å². The molecule has 7 heteroatoms. The molecular formula is C26H33FN4O2. The highest BCUT2D eigenvalue weighted by Crippen LogP contribution is 2.20. The molecule has 0 bridgehead atoms. The van der Waals surface area contributed by atoms with Gasteiger partial charge in [-0.15, -0.1) is 0 Å². The van der Waals surface area contributed by atoms with E-state index in [0.717, 1.165) is 16.7 Å². The topological polar surface area (TPSA) is 110 Å². The number of benzene rings is 3. The summed E-state index contributed by atoms with van der Waals surface area (Å²) in [6, 6.07) is 22.5. The first kappa shape index (κ1) is 27.5. The summed E-state index contributed by atoms with van der Waals surface area (Å²) in [7, 11) is 1.50. The lowest BCUT2D eigenvalue weighted by Gasteiger charge is -2.12. The molecule has 0 aliphatic carbocycles. The molecule has 33 heavy (non-hydrogen) atoms. The van der Waals surface area contributed by atoms with E-state index in [4.69, 9.17) is 5.73 Å². The predicted molar refractivity (Wildman–Crippen MR) is 133 cm³/mol. The number of rotatable bonds is 8. The van der Waals surface area contributed by atoms with E-state index < -0.39 is 6.04 Å². The van der Waals surface area contributed by atoms with E-state index in [-0.39, 0.29) is 31.6 Å². The van der Waals surface area contributed by atoms with Crippen molar-refractivity contribution in [2.45, 2.75) is 26.3 Å². The van der Waals surface area contributed by atoms with Gasteiger partial charge in [0.1, 0.15) is 5.82 Å². The van der Waals surface area contributed by atoms with Crippen LogP contribution in [-0.2, 0) is 16.0 Å². The van der Waals surface area contributed by atoms with Crippen molar-refractivity contribution in [2.24, 2.45) is 11.5 Å². The van der Waals surface area contributed by atoms with Crippen molar-refractivity contribution in [2.75, 3.05) is 18.9 Å². The summed E-state index contributed by atoms with van der Waals surface area (Å²) in [6.45, 7) is -0.131. The van der Waals surface area contributed by atoms with E-state index in [0.29, 0.717) is 18.5 Å². The molecule has 3 aromatic carbocycles. The maximum Gasteiger partial charge on any atom is 0.243 e. The van der Waals surface area contributed by atoms with Crippen molar-refractivity contribution in [3.8, 4) is 11.1 Å². The molecule has 6 N–H and O–H groups in total. The third-order valence-electron chi connectivity index (χ3n) is 4.69. The second-order valence-corrected chi connectivity index (χ2v) is 6.98. The first-order chi connectivity index (χ1) is 15.5. The number of amides is 2. The molecule has 3 rings (SSSR count). The maximum atomic E-state index is 13.0. The zero-order chi connectivity index (χ0) is 23.3. The number of anilines is 1. The van der Waals surface area contributed by atoms with Gasteiger partial charge in [-0.05, 0) is 60.8 Å². The summed E-state index contributed by atoms with van der Waals surface area (Å²) in [6.07, 6.45) is 1.09. The van der Waals surface area contributed by atoms with Crippen LogP contribution in [0.5, 0.6) is 0 Å². The number of hydrogen-bond donors (Lipinski definition) is 4. The fraction of sp³-hybridized carbons (Fsp3) is 0.231. The number of carbonyl (C=O) groups is 2. The van der Waals surface area contributed by atoms with Crippen molar-refractivity contribution < 1.29 is 14.0 Å². The van der Waals surface area contributed by atoms with Gasteiger partial charge in [0.2, 0.25) is 11.8 Å². The van der Waals surface area contributed by atoms with Crippen LogP contribution in [0, 0.1) is 5.82 Å². The van der Waals surface area contributed by atoms with Crippen molar-refractivity contribution in [1.82, 2.24) is 5.32 Å². The standard InChI is InChI=1S/C24H24FN3O2.CH5N.CH4/c25-20-13-11-19(12-14-20)18-9-6-17(7-10-18)8-15-22(26)24(30)27-16-23(29)28-21-4-2-1-3-5-21;1-2;/h1-7,9-14,22H,8,15-16,26H2,(H,27,30)(H,28,29);2H2,1H3;1H4/t22-;;/m0../s1. The van der Waals surface area contributed by atoms with Gasteiger partial charge in [0, 0.05) is 5.69 Å². The third kappa shape index (κ3) is 9.22. The summed E-state index contributed by atoms with van der Waals surface area (Å²) in [5.74, 6) is -0.931. The zero-order valence-corrected chi connectivity index (χ0v) is 18.1. The summed E-state index contributed by atoms with van der Waals surface area (Å²) >= 11 is 0. The van der Waals surface area contributed by atoms with Gasteiger partial charge in [-0.1, -0.05) is 62.0 Å². The van der Waals surface area contributed by atoms with E-state index in [9.17, 15) is 14.0 Å². The van der Waals surface area contributed by atoms with Crippen molar-refractivity contribution in [3.05, 3.63) is 90.2 Å². The van der Waals surface area contributed by atoms with Gasteiger partial charge in [0.05, 0.1) is 12.6 Å². The normalized spacial score (nSPS) is 10.7. The van der Waals surface area contributed by atoms with E-state index in [1.807, 2.05) is 42.5 Å². The minimum absolute atomic E-state index is 0. The largest absolute Gasteiger partial charge is 0.346 e. The predicted octanol–water partition coefficient (Wildman–Crippen LogP) is 3.72. The minimum Gasteiger partial charge on any atom is -0.346 e. The number of para-hydroxylation sites is 1. The van der Waals surface area contributed by atoms with Crippen LogP contribution in [0.15, 0.2) is 78.9 Å². The Hall–Kier alpha value is -3.55. The Bertz CT molecular complexity index is 977. The second kappa shape index (κ2) is 14.5. The Morgan fingerprint density at radius 3 is 2.00 bits per heavy atom. The average Bonchev–Trinajstić information content (AvgIpc) is 2.84. The molecule has 176 valence electrons. The Morgan fingerprint density at radius 2 is 1.42 bits per heavy atom. The monoisotopic (exact) mass is 452 g/mol. The van der Waals surface area contributed by atoms with Gasteiger partial charge in [0.25, 0.3) is 0 Å². The Labute approximate surface area is 195 Å². The van der Waals surface area contributed by atoms with Crippen molar-refractivity contribution in [3.63, 3.8) is 0 Å². The quantitative estimate of drug-likeness (QED) is 0.417. The summed E-state index contributed by atoms with van der Waals surface area (Å²) in [5.41, 5.74) is 14.1. The molecule has 0 fully saturated rings. The molecule has 0 aliphatic heterocycles. The van der Waals surface area contributed by atoms with Crippen LogP contribution in [-0.4, -0.2) is 31.4 Å². The van der Waals surface area contributed by atoms with Crippen molar-refractivity contribution >= 4 is 17.5 Å². The number of carbonyl (C=O) groups excluding carboxylic acids is 2. The van der Waals surface area contributed by atoms with E-state index in [1.54, 1.807) is 24.3 Å².